The maximum Gasteiger partial charge on any atom is 0.225 e. The minimum atomic E-state index is -0.287. The van der Waals surface area contributed by atoms with Crippen LogP contribution in [0, 0.1) is 11.3 Å². The van der Waals surface area contributed by atoms with Gasteiger partial charge >= 0.3 is 0 Å². The van der Waals surface area contributed by atoms with E-state index in [2.05, 4.69) is 10.4 Å². The highest BCUT2D eigenvalue weighted by atomic mass is 16.2. The number of hydrogen-bond acceptors (Lipinski definition) is 2. The number of rotatable bonds is 3. The number of nitrogens with zero attached hydrogens (tertiary/aromatic N) is 2. The molecule has 17 heavy (non-hydrogen) atoms. The molecule has 0 spiro atoms. The molecule has 0 radical (unpaired) electrons. The summed E-state index contributed by atoms with van der Waals surface area (Å²) in [7, 11) is 0. The molecule has 1 fully saturated rings. The molecule has 1 aromatic rings. The Morgan fingerprint density at radius 3 is 2.71 bits per heavy atom. The largest absolute Gasteiger partial charge is 0.355 e. The van der Waals surface area contributed by atoms with Crippen LogP contribution in [0.5, 0.6) is 0 Å². The van der Waals surface area contributed by atoms with E-state index in [9.17, 15) is 4.79 Å². The molecule has 1 aliphatic carbocycles. The van der Waals surface area contributed by atoms with Crippen LogP contribution in [-0.2, 0) is 4.79 Å². The Labute approximate surface area is 102 Å². The van der Waals surface area contributed by atoms with Gasteiger partial charge in [-0.2, -0.15) is 5.10 Å². The van der Waals surface area contributed by atoms with Gasteiger partial charge in [0.2, 0.25) is 5.91 Å². The smallest absolute Gasteiger partial charge is 0.225 e. The van der Waals surface area contributed by atoms with E-state index in [-0.39, 0.29) is 11.3 Å². The van der Waals surface area contributed by atoms with Gasteiger partial charge in [-0.1, -0.05) is 20.8 Å². The molecular weight excluding hydrogens is 214 g/mol. The van der Waals surface area contributed by atoms with Crippen molar-refractivity contribution >= 4 is 5.91 Å². The molecule has 1 amide bonds. The van der Waals surface area contributed by atoms with Crippen molar-refractivity contribution in [2.75, 3.05) is 6.54 Å². The van der Waals surface area contributed by atoms with E-state index in [1.165, 1.54) is 0 Å². The van der Waals surface area contributed by atoms with Crippen LogP contribution in [0.2, 0.25) is 0 Å². The Bertz CT molecular complexity index is 372. The van der Waals surface area contributed by atoms with Gasteiger partial charge in [0, 0.05) is 24.4 Å². The fourth-order valence-electron chi connectivity index (χ4n) is 2.08. The van der Waals surface area contributed by atoms with Crippen molar-refractivity contribution in [3.8, 4) is 0 Å². The first-order valence-corrected chi connectivity index (χ1v) is 6.24. The minimum Gasteiger partial charge on any atom is -0.355 e. The molecule has 0 saturated heterocycles. The van der Waals surface area contributed by atoms with E-state index in [1.807, 2.05) is 43.9 Å². The minimum absolute atomic E-state index is 0.139. The molecule has 94 valence electrons. The van der Waals surface area contributed by atoms with Crippen LogP contribution in [-0.4, -0.2) is 22.2 Å². The Hall–Kier alpha value is -1.32. The van der Waals surface area contributed by atoms with Crippen molar-refractivity contribution in [1.29, 1.82) is 0 Å². The normalized spacial score (nSPS) is 24.2. The van der Waals surface area contributed by atoms with Gasteiger partial charge in [0.1, 0.15) is 0 Å². The first-order chi connectivity index (χ1) is 7.97. The highest BCUT2D eigenvalue weighted by Gasteiger charge is 2.31. The van der Waals surface area contributed by atoms with Crippen molar-refractivity contribution in [2.45, 2.75) is 39.7 Å². The van der Waals surface area contributed by atoms with Gasteiger partial charge in [-0.3, -0.25) is 9.48 Å². The lowest BCUT2D eigenvalue weighted by molar-refractivity contribution is -0.128. The zero-order valence-corrected chi connectivity index (χ0v) is 10.8. The molecule has 0 aliphatic heterocycles. The summed E-state index contributed by atoms with van der Waals surface area (Å²) in [5.74, 6) is 0.746. The third-order valence-electron chi connectivity index (χ3n) is 3.34. The maximum absolute atomic E-state index is 11.7. The molecule has 0 unspecified atom stereocenters. The molecule has 0 bridgehead atoms. The predicted octanol–water partition coefficient (Wildman–Crippen LogP) is 2.00. The summed E-state index contributed by atoms with van der Waals surface area (Å²) < 4.78 is 2.02. The third-order valence-corrected chi connectivity index (χ3v) is 3.34. The van der Waals surface area contributed by atoms with Crippen LogP contribution in [0.3, 0.4) is 0 Å². The van der Waals surface area contributed by atoms with E-state index in [1.54, 1.807) is 0 Å². The SMILES string of the molecule is CC(C)(C)C(=O)NC[C@H]1C[C@H](n2cccn2)C1. The van der Waals surface area contributed by atoms with Crippen LogP contribution in [0.1, 0.15) is 39.7 Å². The monoisotopic (exact) mass is 235 g/mol. The maximum atomic E-state index is 11.7. The molecule has 1 aromatic heterocycles. The van der Waals surface area contributed by atoms with E-state index in [0.717, 1.165) is 19.4 Å². The first-order valence-electron chi connectivity index (χ1n) is 6.24. The Balaban J connectivity index is 1.70. The summed E-state index contributed by atoms with van der Waals surface area (Å²) in [4.78, 5) is 11.7. The van der Waals surface area contributed by atoms with Crippen molar-refractivity contribution in [1.82, 2.24) is 15.1 Å². The second-order valence-corrected chi connectivity index (χ2v) is 5.94. The molecule has 4 heteroatoms. The van der Waals surface area contributed by atoms with Crippen LogP contribution in [0.15, 0.2) is 18.5 Å². The van der Waals surface area contributed by atoms with Crippen molar-refractivity contribution in [3.63, 3.8) is 0 Å². The van der Waals surface area contributed by atoms with Crippen LogP contribution in [0.4, 0.5) is 0 Å². The van der Waals surface area contributed by atoms with Crippen molar-refractivity contribution in [3.05, 3.63) is 18.5 Å². The molecule has 1 aliphatic rings. The van der Waals surface area contributed by atoms with Crippen LogP contribution >= 0.6 is 0 Å². The quantitative estimate of drug-likeness (QED) is 0.871. The fourth-order valence-corrected chi connectivity index (χ4v) is 2.08. The average molecular weight is 235 g/mol. The Kier molecular flexibility index (Phi) is 3.22. The topological polar surface area (TPSA) is 46.9 Å². The zero-order valence-electron chi connectivity index (χ0n) is 10.8. The molecule has 0 atom stereocenters. The number of amides is 1. The molecule has 0 aromatic carbocycles. The van der Waals surface area contributed by atoms with Gasteiger partial charge < -0.3 is 5.32 Å². The second kappa shape index (κ2) is 4.51. The summed E-state index contributed by atoms with van der Waals surface area (Å²) in [6.07, 6.45) is 6.06. The number of hydrogen-bond donors (Lipinski definition) is 1. The Morgan fingerprint density at radius 2 is 2.18 bits per heavy atom. The van der Waals surface area contributed by atoms with E-state index < -0.39 is 0 Å². The van der Waals surface area contributed by atoms with Crippen LogP contribution in [0.25, 0.3) is 0 Å². The molecule has 1 N–H and O–H groups in total. The average Bonchev–Trinajstić information content (AvgIpc) is 2.66. The summed E-state index contributed by atoms with van der Waals surface area (Å²) in [6.45, 7) is 6.62. The fraction of sp³-hybridized carbons (Fsp3) is 0.692. The van der Waals surface area contributed by atoms with Crippen molar-refractivity contribution < 1.29 is 4.79 Å². The first kappa shape index (κ1) is 12.1. The highest BCUT2D eigenvalue weighted by Crippen LogP contribution is 2.36. The van der Waals surface area contributed by atoms with E-state index >= 15 is 0 Å². The van der Waals surface area contributed by atoms with Crippen LogP contribution < -0.4 is 5.32 Å². The molecule has 4 nitrogen and oxygen atoms in total. The molecule has 1 saturated carbocycles. The standard InChI is InChI=1S/C13H21N3O/c1-13(2,3)12(17)14-9-10-7-11(8-10)16-6-4-5-15-16/h4-6,10-11H,7-9H2,1-3H3,(H,14,17)/t10-,11-. The van der Waals surface area contributed by atoms with Gasteiger partial charge in [0.25, 0.3) is 0 Å². The third kappa shape index (κ3) is 2.87. The second-order valence-electron chi connectivity index (χ2n) is 5.94. The summed E-state index contributed by atoms with van der Waals surface area (Å²) in [6, 6.07) is 2.48. The van der Waals surface area contributed by atoms with Gasteiger partial charge in [-0.25, -0.2) is 0 Å². The number of nitrogens with one attached hydrogen (secondary N) is 1. The van der Waals surface area contributed by atoms with Gasteiger partial charge in [0.15, 0.2) is 0 Å². The van der Waals surface area contributed by atoms with E-state index in [0.29, 0.717) is 12.0 Å². The lowest BCUT2D eigenvalue weighted by atomic mass is 9.80. The number of carbonyl (C=O) groups is 1. The van der Waals surface area contributed by atoms with Crippen molar-refractivity contribution in [2.24, 2.45) is 11.3 Å². The molecule has 2 rings (SSSR count). The Morgan fingerprint density at radius 1 is 1.47 bits per heavy atom. The van der Waals surface area contributed by atoms with E-state index in [4.69, 9.17) is 0 Å². The van der Waals surface area contributed by atoms with Gasteiger partial charge in [-0.05, 0) is 24.8 Å². The lowest BCUT2D eigenvalue weighted by Gasteiger charge is -2.36. The highest BCUT2D eigenvalue weighted by molar-refractivity contribution is 5.81. The summed E-state index contributed by atoms with van der Waals surface area (Å²) in [5.41, 5.74) is -0.287. The predicted molar refractivity (Wildman–Crippen MR) is 66.5 cm³/mol. The summed E-state index contributed by atoms with van der Waals surface area (Å²) >= 11 is 0. The van der Waals surface area contributed by atoms with Gasteiger partial charge in [0.05, 0.1) is 6.04 Å². The number of carbonyl (C=O) groups excluding carboxylic acids is 1. The lowest BCUT2D eigenvalue weighted by Crippen LogP contribution is -2.41. The molecule has 1 heterocycles. The summed E-state index contributed by atoms with van der Waals surface area (Å²) in [5, 5.41) is 7.26. The molecular formula is C13H21N3O. The van der Waals surface area contributed by atoms with Gasteiger partial charge in [-0.15, -0.1) is 0 Å². The number of aromatic nitrogens is 2. The zero-order chi connectivity index (χ0) is 12.5.